The van der Waals surface area contributed by atoms with Gasteiger partial charge in [0.25, 0.3) is 0 Å². The SMILES string of the molecule is COCc1ccccc1NC(N)=NCCSCc1ccc(C)cc1.I. The minimum atomic E-state index is 0. The number of hydrogen-bond acceptors (Lipinski definition) is 3. The number of halogens is 1. The van der Waals surface area contributed by atoms with E-state index in [0.29, 0.717) is 19.1 Å². The first-order chi connectivity index (χ1) is 11.7. The second kappa shape index (κ2) is 12.2. The monoisotopic (exact) mass is 471 g/mol. The molecule has 0 radical (unpaired) electrons. The van der Waals surface area contributed by atoms with Crippen LogP contribution in [0.25, 0.3) is 0 Å². The average Bonchev–Trinajstić information content (AvgIpc) is 2.58. The van der Waals surface area contributed by atoms with Crippen molar-refractivity contribution in [1.82, 2.24) is 0 Å². The second-order valence-electron chi connectivity index (χ2n) is 5.52. The van der Waals surface area contributed by atoms with Gasteiger partial charge in [0.15, 0.2) is 5.96 Å². The Morgan fingerprint density at radius 1 is 1.16 bits per heavy atom. The molecule has 6 heteroatoms. The van der Waals surface area contributed by atoms with E-state index in [1.807, 2.05) is 36.0 Å². The first kappa shape index (κ1) is 21.8. The molecule has 2 aromatic carbocycles. The Morgan fingerprint density at radius 2 is 1.88 bits per heavy atom. The first-order valence-corrected chi connectivity index (χ1v) is 9.11. The molecule has 0 amide bonds. The summed E-state index contributed by atoms with van der Waals surface area (Å²) in [6.45, 7) is 3.34. The van der Waals surface area contributed by atoms with Gasteiger partial charge in [-0.2, -0.15) is 11.8 Å². The highest BCUT2D eigenvalue weighted by molar-refractivity contribution is 14.0. The predicted octanol–water partition coefficient (Wildman–Crippen LogP) is 4.42. The van der Waals surface area contributed by atoms with Gasteiger partial charge < -0.3 is 15.8 Å². The number of aryl methyl sites for hydroxylation is 1. The highest BCUT2D eigenvalue weighted by atomic mass is 127. The first-order valence-electron chi connectivity index (χ1n) is 7.96. The molecule has 3 N–H and O–H groups in total. The van der Waals surface area contributed by atoms with Crippen molar-refractivity contribution in [3.8, 4) is 0 Å². The topological polar surface area (TPSA) is 59.6 Å². The fourth-order valence-electron chi connectivity index (χ4n) is 2.21. The molecule has 136 valence electrons. The van der Waals surface area contributed by atoms with Crippen molar-refractivity contribution in [3.63, 3.8) is 0 Å². The molecule has 0 saturated carbocycles. The number of aliphatic imine (C=N–C) groups is 1. The molecule has 0 fully saturated rings. The zero-order valence-electron chi connectivity index (χ0n) is 14.7. The molecule has 0 aliphatic rings. The summed E-state index contributed by atoms with van der Waals surface area (Å²) in [5, 5.41) is 3.15. The van der Waals surface area contributed by atoms with Crippen molar-refractivity contribution in [2.24, 2.45) is 10.7 Å². The number of thioether (sulfide) groups is 1. The van der Waals surface area contributed by atoms with E-state index in [4.69, 9.17) is 10.5 Å². The van der Waals surface area contributed by atoms with Crippen LogP contribution in [0.3, 0.4) is 0 Å². The molecular formula is C19H26IN3OS. The quantitative estimate of drug-likeness (QED) is 0.259. The third-order valence-corrected chi connectivity index (χ3v) is 4.50. The Balaban J connectivity index is 0.00000312. The largest absolute Gasteiger partial charge is 0.380 e. The summed E-state index contributed by atoms with van der Waals surface area (Å²) in [5.41, 5.74) is 10.6. The van der Waals surface area contributed by atoms with Crippen molar-refractivity contribution in [2.45, 2.75) is 19.3 Å². The molecule has 0 aliphatic carbocycles. The van der Waals surface area contributed by atoms with Gasteiger partial charge in [0, 0.05) is 29.9 Å². The number of nitrogens with zero attached hydrogens (tertiary/aromatic N) is 1. The van der Waals surface area contributed by atoms with E-state index in [0.717, 1.165) is 22.8 Å². The summed E-state index contributed by atoms with van der Waals surface area (Å²) < 4.78 is 5.19. The highest BCUT2D eigenvalue weighted by Crippen LogP contribution is 2.15. The molecule has 4 nitrogen and oxygen atoms in total. The van der Waals surface area contributed by atoms with Gasteiger partial charge in [-0.25, -0.2) is 0 Å². The molecule has 0 spiro atoms. The van der Waals surface area contributed by atoms with Crippen molar-refractivity contribution >= 4 is 47.4 Å². The summed E-state index contributed by atoms with van der Waals surface area (Å²) in [6, 6.07) is 16.6. The number of para-hydroxylation sites is 1. The van der Waals surface area contributed by atoms with Gasteiger partial charge in [-0.15, -0.1) is 24.0 Å². The van der Waals surface area contributed by atoms with Crippen LogP contribution in [0.15, 0.2) is 53.5 Å². The van der Waals surface area contributed by atoms with Crippen LogP contribution in [0.2, 0.25) is 0 Å². The van der Waals surface area contributed by atoms with Crippen molar-refractivity contribution in [2.75, 3.05) is 24.7 Å². The number of anilines is 1. The lowest BCUT2D eigenvalue weighted by atomic mass is 10.2. The number of benzene rings is 2. The molecule has 0 heterocycles. The van der Waals surface area contributed by atoms with E-state index < -0.39 is 0 Å². The molecular weight excluding hydrogens is 445 g/mol. The van der Waals surface area contributed by atoms with Gasteiger partial charge in [-0.3, -0.25) is 4.99 Å². The number of nitrogens with two attached hydrogens (primary N) is 1. The van der Waals surface area contributed by atoms with Crippen molar-refractivity contribution in [3.05, 3.63) is 65.2 Å². The summed E-state index contributed by atoms with van der Waals surface area (Å²) in [4.78, 5) is 4.39. The number of guanidine groups is 1. The lowest BCUT2D eigenvalue weighted by Gasteiger charge is -2.10. The Kier molecular flexibility index (Phi) is 10.6. The Hall–Kier alpha value is -1.25. The van der Waals surface area contributed by atoms with E-state index in [9.17, 15) is 0 Å². The molecule has 25 heavy (non-hydrogen) atoms. The Bertz CT molecular complexity index is 662. The Morgan fingerprint density at radius 3 is 2.60 bits per heavy atom. The summed E-state index contributed by atoms with van der Waals surface area (Å²) >= 11 is 1.86. The van der Waals surface area contributed by atoms with Crippen LogP contribution < -0.4 is 11.1 Å². The third-order valence-electron chi connectivity index (χ3n) is 3.49. The van der Waals surface area contributed by atoms with E-state index in [-0.39, 0.29) is 24.0 Å². The van der Waals surface area contributed by atoms with Gasteiger partial charge in [0.2, 0.25) is 0 Å². The lowest BCUT2D eigenvalue weighted by molar-refractivity contribution is 0.185. The number of rotatable bonds is 8. The van der Waals surface area contributed by atoms with Gasteiger partial charge in [-0.1, -0.05) is 48.0 Å². The van der Waals surface area contributed by atoms with Gasteiger partial charge in [-0.05, 0) is 18.6 Å². The molecule has 2 aromatic rings. The molecule has 0 aliphatic heterocycles. The van der Waals surface area contributed by atoms with E-state index >= 15 is 0 Å². The molecule has 0 aromatic heterocycles. The predicted molar refractivity (Wildman–Crippen MR) is 120 cm³/mol. The summed E-state index contributed by atoms with van der Waals surface area (Å²) in [7, 11) is 1.68. The van der Waals surface area contributed by atoms with Crippen LogP contribution in [0.4, 0.5) is 5.69 Å². The highest BCUT2D eigenvalue weighted by Gasteiger charge is 2.02. The maximum atomic E-state index is 5.97. The maximum Gasteiger partial charge on any atom is 0.193 e. The molecule has 0 unspecified atom stereocenters. The second-order valence-corrected chi connectivity index (χ2v) is 6.63. The lowest BCUT2D eigenvalue weighted by Crippen LogP contribution is -2.23. The van der Waals surface area contributed by atoms with Gasteiger partial charge in [0.1, 0.15) is 0 Å². The van der Waals surface area contributed by atoms with Crippen molar-refractivity contribution < 1.29 is 4.74 Å². The molecule has 0 atom stereocenters. The Labute approximate surface area is 171 Å². The zero-order valence-corrected chi connectivity index (χ0v) is 17.8. The fraction of sp³-hybridized carbons (Fsp3) is 0.316. The number of hydrogen-bond donors (Lipinski definition) is 2. The normalized spacial score (nSPS) is 11.0. The average molecular weight is 471 g/mol. The van der Waals surface area contributed by atoms with E-state index in [2.05, 4.69) is 41.5 Å². The van der Waals surface area contributed by atoms with Gasteiger partial charge in [0.05, 0.1) is 13.2 Å². The van der Waals surface area contributed by atoms with Crippen LogP contribution >= 0.6 is 35.7 Å². The standard InChI is InChI=1S/C19H25N3OS.HI/c1-15-7-9-16(10-8-15)14-24-12-11-21-19(20)22-18-6-4-3-5-17(18)13-23-2;/h3-10H,11-14H2,1-2H3,(H3,20,21,22);1H. The molecule has 0 bridgehead atoms. The fourth-order valence-corrected chi connectivity index (χ4v) is 3.00. The third kappa shape index (κ3) is 8.11. The minimum absolute atomic E-state index is 0. The van der Waals surface area contributed by atoms with Crippen molar-refractivity contribution in [1.29, 1.82) is 0 Å². The van der Waals surface area contributed by atoms with E-state index in [1.54, 1.807) is 7.11 Å². The van der Waals surface area contributed by atoms with Crippen LogP contribution in [-0.2, 0) is 17.1 Å². The minimum Gasteiger partial charge on any atom is -0.380 e. The van der Waals surface area contributed by atoms with E-state index in [1.165, 1.54) is 11.1 Å². The summed E-state index contributed by atoms with van der Waals surface area (Å²) in [6.07, 6.45) is 0. The number of nitrogens with one attached hydrogen (secondary N) is 1. The van der Waals surface area contributed by atoms with Crippen LogP contribution in [0.5, 0.6) is 0 Å². The van der Waals surface area contributed by atoms with Crippen LogP contribution in [0.1, 0.15) is 16.7 Å². The van der Waals surface area contributed by atoms with Crippen LogP contribution in [-0.4, -0.2) is 25.4 Å². The summed E-state index contributed by atoms with van der Waals surface area (Å²) in [5.74, 6) is 2.38. The van der Waals surface area contributed by atoms with Crippen LogP contribution in [0, 0.1) is 6.92 Å². The maximum absolute atomic E-state index is 5.97. The van der Waals surface area contributed by atoms with Gasteiger partial charge >= 0.3 is 0 Å². The molecule has 2 rings (SSSR count). The smallest absolute Gasteiger partial charge is 0.193 e. The molecule has 0 saturated heterocycles. The zero-order chi connectivity index (χ0) is 17.2. The number of ether oxygens (including phenoxy) is 1. The number of methoxy groups -OCH3 is 1.